The number of anilines is 2. The van der Waals surface area contributed by atoms with Gasteiger partial charge < -0.3 is 10.6 Å². The van der Waals surface area contributed by atoms with E-state index in [0.717, 1.165) is 18.7 Å². The van der Waals surface area contributed by atoms with Gasteiger partial charge in [0.2, 0.25) is 0 Å². The second kappa shape index (κ2) is 5.93. The summed E-state index contributed by atoms with van der Waals surface area (Å²) in [5.74, 6) is 0. The summed E-state index contributed by atoms with van der Waals surface area (Å²) in [6.45, 7) is 1.07. The first-order chi connectivity index (χ1) is 10.2. The quantitative estimate of drug-likeness (QED) is 0.662. The van der Waals surface area contributed by atoms with Crippen molar-refractivity contribution in [1.82, 2.24) is 5.32 Å². The lowest BCUT2D eigenvalue weighted by Crippen LogP contribution is -2.12. The van der Waals surface area contributed by atoms with Crippen molar-refractivity contribution < 1.29 is 4.92 Å². The molecule has 1 fully saturated rings. The molecule has 5 heteroatoms. The van der Waals surface area contributed by atoms with E-state index < -0.39 is 0 Å². The molecular formula is C16H17N3O2. The van der Waals surface area contributed by atoms with Gasteiger partial charge in [-0.1, -0.05) is 24.3 Å². The molecule has 0 amide bonds. The van der Waals surface area contributed by atoms with Gasteiger partial charge in [0.1, 0.15) is 5.69 Å². The molecule has 2 aromatic carbocycles. The van der Waals surface area contributed by atoms with Crippen LogP contribution in [0, 0.1) is 10.1 Å². The van der Waals surface area contributed by atoms with Gasteiger partial charge in [0.15, 0.2) is 0 Å². The van der Waals surface area contributed by atoms with Crippen LogP contribution in [0.5, 0.6) is 0 Å². The third-order valence-corrected chi connectivity index (χ3v) is 3.75. The van der Waals surface area contributed by atoms with Crippen molar-refractivity contribution in [3.63, 3.8) is 0 Å². The second-order valence-corrected chi connectivity index (χ2v) is 5.17. The number of rotatable bonds is 4. The Morgan fingerprint density at radius 1 is 1.14 bits per heavy atom. The molecule has 0 unspecified atom stereocenters. The van der Waals surface area contributed by atoms with Crippen LogP contribution in [0.1, 0.15) is 24.4 Å². The first kappa shape index (κ1) is 13.6. The monoisotopic (exact) mass is 283 g/mol. The molecule has 0 aromatic heterocycles. The molecule has 1 atom stereocenters. The first-order valence-electron chi connectivity index (χ1n) is 7.08. The zero-order chi connectivity index (χ0) is 14.7. The summed E-state index contributed by atoms with van der Waals surface area (Å²) in [7, 11) is 0. The molecule has 3 rings (SSSR count). The molecule has 2 aromatic rings. The number of hydrogen-bond acceptors (Lipinski definition) is 4. The molecule has 21 heavy (non-hydrogen) atoms. The SMILES string of the molecule is O=[N+]([O-])c1ccccc1Nc1ccc([C@@H]2CCCN2)cc1. The minimum atomic E-state index is -0.376. The van der Waals surface area contributed by atoms with Crippen molar-refractivity contribution in [3.05, 3.63) is 64.2 Å². The highest BCUT2D eigenvalue weighted by Crippen LogP contribution is 2.28. The van der Waals surface area contributed by atoms with Crippen molar-refractivity contribution >= 4 is 17.1 Å². The molecule has 2 N–H and O–H groups in total. The van der Waals surface area contributed by atoms with Gasteiger partial charge in [-0.15, -0.1) is 0 Å². The number of para-hydroxylation sites is 2. The van der Waals surface area contributed by atoms with Crippen LogP contribution < -0.4 is 10.6 Å². The molecule has 1 heterocycles. The van der Waals surface area contributed by atoms with E-state index in [1.165, 1.54) is 18.1 Å². The number of hydrogen-bond donors (Lipinski definition) is 2. The van der Waals surface area contributed by atoms with Crippen molar-refractivity contribution in [2.24, 2.45) is 0 Å². The molecule has 1 saturated heterocycles. The predicted octanol–water partition coefficient (Wildman–Crippen LogP) is 3.76. The largest absolute Gasteiger partial charge is 0.350 e. The number of nitrogens with zero attached hydrogens (tertiary/aromatic N) is 1. The van der Waals surface area contributed by atoms with E-state index in [9.17, 15) is 10.1 Å². The number of nitrogens with one attached hydrogen (secondary N) is 2. The average Bonchev–Trinajstić information content (AvgIpc) is 3.03. The van der Waals surface area contributed by atoms with Crippen LogP contribution in [0.3, 0.4) is 0 Å². The zero-order valence-corrected chi connectivity index (χ0v) is 11.6. The highest BCUT2D eigenvalue weighted by atomic mass is 16.6. The van der Waals surface area contributed by atoms with Crippen LogP contribution in [0.2, 0.25) is 0 Å². The Kier molecular flexibility index (Phi) is 3.83. The van der Waals surface area contributed by atoms with Crippen LogP contribution in [-0.2, 0) is 0 Å². The number of benzene rings is 2. The maximum Gasteiger partial charge on any atom is 0.292 e. The van der Waals surface area contributed by atoms with Gasteiger partial charge in [0, 0.05) is 17.8 Å². The Labute approximate surface area is 123 Å². The molecule has 0 radical (unpaired) electrons. The molecule has 0 bridgehead atoms. The summed E-state index contributed by atoms with van der Waals surface area (Å²) < 4.78 is 0. The van der Waals surface area contributed by atoms with Crippen LogP contribution in [0.25, 0.3) is 0 Å². The maximum atomic E-state index is 11.0. The molecule has 5 nitrogen and oxygen atoms in total. The fraction of sp³-hybridized carbons (Fsp3) is 0.250. The maximum absolute atomic E-state index is 11.0. The predicted molar refractivity (Wildman–Crippen MR) is 82.8 cm³/mol. The molecule has 1 aliphatic rings. The van der Waals surface area contributed by atoms with E-state index in [2.05, 4.69) is 22.8 Å². The molecule has 0 saturated carbocycles. The van der Waals surface area contributed by atoms with Gasteiger partial charge in [-0.2, -0.15) is 0 Å². The fourth-order valence-corrected chi connectivity index (χ4v) is 2.66. The van der Waals surface area contributed by atoms with Crippen LogP contribution in [-0.4, -0.2) is 11.5 Å². The zero-order valence-electron chi connectivity index (χ0n) is 11.6. The molecule has 0 aliphatic carbocycles. The van der Waals surface area contributed by atoms with E-state index in [0.29, 0.717) is 11.7 Å². The average molecular weight is 283 g/mol. The van der Waals surface area contributed by atoms with Gasteiger partial charge >= 0.3 is 0 Å². The van der Waals surface area contributed by atoms with Gasteiger partial charge in [0.25, 0.3) is 5.69 Å². The number of nitro benzene ring substituents is 1. The highest BCUT2D eigenvalue weighted by molar-refractivity contribution is 5.69. The summed E-state index contributed by atoms with van der Waals surface area (Å²) in [4.78, 5) is 10.6. The Balaban J connectivity index is 1.77. The molecular weight excluding hydrogens is 266 g/mol. The van der Waals surface area contributed by atoms with Gasteiger partial charge in [0.05, 0.1) is 4.92 Å². The van der Waals surface area contributed by atoms with E-state index >= 15 is 0 Å². The van der Waals surface area contributed by atoms with Crippen LogP contribution in [0.15, 0.2) is 48.5 Å². The van der Waals surface area contributed by atoms with Crippen molar-refractivity contribution in [2.45, 2.75) is 18.9 Å². The lowest BCUT2D eigenvalue weighted by Gasteiger charge is -2.12. The normalized spacial score (nSPS) is 17.6. The third-order valence-electron chi connectivity index (χ3n) is 3.75. The summed E-state index contributed by atoms with van der Waals surface area (Å²) >= 11 is 0. The minimum Gasteiger partial charge on any atom is -0.350 e. The molecule has 1 aliphatic heterocycles. The third kappa shape index (κ3) is 3.03. The lowest BCUT2D eigenvalue weighted by molar-refractivity contribution is -0.383. The highest BCUT2D eigenvalue weighted by Gasteiger charge is 2.16. The first-order valence-corrected chi connectivity index (χ1v) is 7.08. The standard InChI is InChI=1S/C16H17N3O2/c20-19(21)16-6-2-1-4-15(16)18-13-9-7-12(8-10-13)14-5-3-11-17-14/h1-2,4,6-10,14,17-18H,3,5,11H2/t14-/m0/s1. The summed E-state index contributed by atoms with van der Waals surface area (Å²) in [5.41, 5.74) is 2.71. The van der Waals surface area contributed by atoms with E-state index in [4.69, 9.17) is 0 Å². The molecule has 0 spiro atoms. The van der Waals surface area contributed by atoms with Crippen molar-refractivity contribution in [2.75, 3.05) is 11.9 Å². The number of nitro groups is 1. The van der Waals surface area contributed by atoms with Crippen molar-refractivity contribution in [1.29, 1.82) is 0 Å². The fourth-order valence-electron chi connectivity index (χ4n) is 2.66. The van der Waals surface area contributed by atoms with E-state index in [1.54, 1.807) is 18.2 Å². The Morgan fingerprint density at radius 2 is 1.90 bits per heavy atom. The smallest absolute Gasteiger partial charge is 0.292 e. The Bertz CT molecular complexity index is 634. The van der Waals surface area contributed by atoms with Gasteiger partial charge in [-0.05, 0) is 43.1 Å². The Morgan fingerprint density at radius 3 is 2.57 bits per heavy atom. The van der Waals surface area contributed by atoms with Crippen LogP contribution in [0.4, 0.5) is 17.1 Å². The summed E-state index contributed by atoms with van der Waals surface area (Å²) in [5, 5.41) is 17.6. The van der Waals surface area contributed by atoms with Gasteiger partial charge in [-0.3, -0.25) is 10.1 Å². The summed E-state index contributed by atoms with van der Waals surface area (Å²) in [6, 6.07) is 15.2. The molecule has 108 valence electrons. The van der Waals surface area contributed by atoms with Crippen LogP contribution >= 0.6 is 0 Å². The van der Waals surface area contributed by atoms with E-state index in [-0.39, 0.29) is 10.6 Å². The van der Waals surface area contributed by atoms with Gasteiger partial charge in [-0.25, -0.2) is 0 Å². The lowest BCUT2D eigenvalue weighted by atomic mass is 10.1. The van der Waals surface area contributed by atoms with Crippen molar-refractivity contribution in [3.8, 4) is 0 Å². The van der Waals surface area contributed by atoms with E-state index in [1.807, 2.05) is 12.1 Å². The minimum absolute atomic E-state index is 0.0824. The summed E-state index contributed by atoms with van der Waals surface area (Å²) in [6.07, 6.45) is 2.37. The topological polar surface area (TPSA) is 67.2 Å². The second-order valence-electron chi connectivity index (χ2n) is 5.17. The Hall–Kier alpha value is -2.40.